The third-order valence-electron chi connectivity index (χ3n) is 4.54. The fourth-order valence-electron chi connectivity index (χ4n) is 3.10. The number of carboxylic acid groups (broad SMARTS) is 1. The van der Waals surface area contributed by atoms with Crippen LogP contribution in [0.5, 0.6) is 0 Å². The summed E-state index contributed by atoms with van der Waals surface area (Å²) < 4.78 is 0. The summed E-state index contributed by atoms with van der Waals surface area (Å²) in [4.78, 5) is 27.7. The molecule has 0 aliphatic carbocycles. The molecule has 1 heterocycles. The van der Waals surface area contributed by atoms with Gasteiger partial charge in [-0.25, -0.2) is 4.79 Å². The van der Waals surface area contributed by atoms with E-state index in [-0.39, 0.29) is 5.91 Å². The normalized spacial score (nSPS) is 15.4. The van der Waals surface area contributed by atoms with E-state index < -0.39 is 5.97 Å². The number of rotatable bonds is 6. The molecular formula is C20H22ClN3O3. The standard InChI is InChI=1S/C20H22ClN3O3/c21-17-4-6-18(7-5-17)22-19(25)14-24-10-8-23(9-11-24)13-15-2-1-3-16(12-15)20(26)27/h1-7,12H,8-11,13-14H2,(H,22,25)(H,26,27). The number of carboxylic acids is 1. The van der Waals surface area contributed by atoms with Crippen molar-refractivity contribution in [1.82, 2.24) is 9.80 Å². The molecule has 142 valence electrons. The number of benzene rings is 2. The number of hydrogen-bond donors (Lipinski definition) is 2. The molecule has 0 bridgehead atoms. The van der Waals surface area contributed by atoms with Crippen LogP contribution in [-0.2, 0) is 11.3 Å². The molecule has 2 aromatic carbocycles. The summed E-state index contributed by atoms with van der Waals surface area (Å²) in [6, 6.07) is 14.1. The van der Waals surface area contributed by atoms with Crippen LogP contribution in [0.4, 0.5) is 5.69 Å². The Balaban J connectivity index is 1.44. The molecule has 2 N–H and O–H groups in total. The maximum atomic E-state index is 12.2. The second-order valence-electron chi connectivity index (χ2n) is 6.61. The molecule has 1 amide bonds. The first-order valence-corrected chi connectivity index (χ1v) is 9.20. The number of nitrogens with zero attached hydrogens (tertiary/aromatic N) is 2. The lowest BCUT2D eigenvalue weighted by Gasteiger charge is -2.34. The van der Waals surface area contributed by atoms with E-state index in [1.807, 2.05) is 6.07 Å². The number of halogens is 1. The first-order chi connectivity index (χ1) is 13.0. The molecular weight excluding hydrogens is 366 g/mol. The highest BCUT2D eigenvalue weighted by molar-refractivity contribution is 6.30. The van der Waals surface area contributed by atoms with E-state index in [9.17, 15) is 9.59 Å². The van der Waals surface area contributed by atoms with E-state index in [0.29, 0.717) is 23.7 Å². The van der Waals surface area contributed by atoms with E-state index >= 15 is 0 Å². The van der Waals surface area contributed by atoms with E-state index in [1.165, 1.54) is 0 Å². The van der Waals surface area contributed by atoms with E-state index in [4.69, 9.17) is 16.7 Å². The fourth-order valence-corrected chi connectivity index (χ4v) is 3.23. The molecule has 0 radical (unpaired) electrons. The minimum atomic E-state index is -0.909. The first-order valence-electron chi connectivity index (χ1n) is 8.82. The molecule has 0 atom stereocenters. The first kappa shape index (κ1) is 19.4. The predicted molar refractivity (Wildman–Crippen MR) is 105 cm³/mol. The summed E-state index contributed by atoms with van der Waals surface area (Å²) >= 11 is 5.84. The zero-order chi connectivity index (χ0) is 19.2. The van der Waals surface area contributed by atoms with Gasteiger partial charge in [0, 0.05) is 43.4 Å². The van der Waals surface area contributed by atoms with Crippen molar-refractivity contribution in [2.75, 3.05) is 38.0 Å². The van der Waals surface area contributed by atoms with Gasteiger partial charge in [-0.3, -0.25) is 14.6 Å². The highest BCUT2D eigenvalue weighted by Gasteiger charge is 2.19. The predicted octanol–water partition coefficient (Wildman–Crippen LogP) is 2.79. The molecule has 6 nitrogen and oxygen atoms in total. The van der Waals surface area contributed by atoms with Gasteiger partial charge in [0.15, 0.2) is 0 Å². The lowest BCUT2D eigenvalue weighted by atomic mass is 10.1. The van der Waals surface area contributed by atoms with Crippen molar-refractivity contribution >= 4 is 29.2 Å². The van der Waals surface area contributed by atoms with Crippen LogP contribution in [0.15, 0.2) is 48.5 Å². The smallest absolute Gasteiger partial charge is 0.335 e. The number of carbonyl (C=O) groups is 2. The molecule has 0 saturated carbocycles. The van der Waals surface area contributed by atoms with Gasteiger partial charge in [0.05, 0.1) is 12.1 Å². The lowest BCUT2D eigenvalue weighted by Crippen LogP contribution is -2.48. The molecule has 1 saturated heterocycles. The van der Waals surface area contributed by atoms with Crippen LogP contribution < -0.4 is 5.32 Å². The summed E-state index contributed by atoms with van der Waals surface area (Å²) in [5, 5.41) is 12.6. The Morgan fingerprint density at radius 2 is 1.67 bits per heavy atom. The maximum absolute atomic E-state index is 12.2. The molecule has 1 fully saturated rings. The third-order valence-corrected chi connectivity index (χ3v) is 4.79. The molecule has 1 aliphatic heterocycles. The summed E-state index contributed by atoms with van der Waals surface area (Å²) in [6.07, 6.45) is 0. The van der Waals surface area contributed by atoms with Crippen LogP contribution in [0.25, 0.3) is 0 Å². The second kappa shape index (κ2) is 8.99. The number of carbonyl (C=O) groups excluding carboxylic acids is 1. The molecule has 0 unspecified atom stereocenters. The Morgan fingerprint density at radius 1 is 1.00 bits per heavy atom. The minimum Gasteiger partial charge on any atom is -0.478 e. The van der Waals surface area contributed by atoms with Crippen molar-refractivity contribution in [1.29, 1.82) is 0 Å². The molecule has 0 spiro atoms. The number of piperazine rings is 1. The largest absolute Gasteiger partial charge is 0.478 e. The second-order valence-corrected chi connectivity index (χ2v) is 7.05. The van der Waals surface area contributed by atoms with Gasteiger partial charge in [0.25, 0.3) is 0 Å². The van der Waals surface area contributed by atoms with Crippen molar-refractivity contribution < 1.29 is 14.7 Å². The van der Waals surface area contributed by atoms with Crippen LogP contribution in [-0.4, -0.2) is 59.5 Å². The van der Waals surface area contributed by atoms with Crippen LogP contribution >= 0.6 is 11.6 Å². The van der Waals surface area contributed by atoms with Gasteiger partial charge in [0.2, 0.25) is 5.91 Å². The zero-order valence-corrected chi connectivity index (χ0v) is 15.7. The fraction of sp³-hybridized carbons (Fsp3) is 0.300. The Kier molecular flexibility index (Phi) is 6.45. The van der Waals surface area contributed by atoms with Crippen molar-refractivity contribution in [3.63, 3.8) is 0 Å². The topological polar surface area (TPSA) is 72.9 Å². The highest BCUT2D eigenvalue weighted by atomic mass is 35.5. The Bertz CT molecular complexity index is 802. The quantitative estimate of drug-likeness (QED) is 0.797. The molecule has 0 aromatic heterocycles. The lowest BCUT2D eigenvalue weighted by molar-refractivity contribution is -0.117. The van der Waals surface area contributed by atoms with Gasteiger partial charge in [-0.1, -0.05) is 23.7 Å². The SMILES string of the molecule is O=C(CN1CCN(Cc2cccc(C(=O)O)c2)CC1)Nc1ccc(Cl)cc1. The monoisotopic (exact) mass is 387 g/mol. The minimum absolute atomic E-state index is 0.0417. The maximum Gasteiger partial charge on any atom is 0.335 e. The Morgan fingerprint density at radius 3 is 2.33 bits per heavy atom. The van der Waals surface area contributed by atoms with E-state index in [1.54, 1.807) is 42.5 Å². The van der Waals surface area contributed by atoms with Crippen LogP contribution in [0, 0.1) is 0 Å². The van der Waals surface area contributed by atoms with Gasteiger partial charge >= 0.3 is 5.97 Å². The molecule has 3 rings (SSSR count). The molecule has 2 aromatic rings. The molecule has 7 heteroatoms. The van der Waals surface area contributed by atoms with Crippen molar-refractivity contribution in [3.05, 3.63) is 64.7 Å². The summed E-state index contributed by atoms with van der Waals surface area (Å²) in [6.45, 7) is 4.34. The zero-order valence-electron chi connectivity index (χ0n) is 14.9. The molecule has 1 aliphatic rings. The van der Waals surface area contributed by atoms with Crippen LogP contribution in [0.1, 0.15) is 15.9 Å². The summed E-state index contributed by atoms with van der Waals surface area (Å²) in [5.41, 5.74) is 2.04. The van der Waals surface area contributed by atoms with Crippen molar-refractivity contribution in [3.8, 4) is 0 Å². The number of amides is 1. The van der Waals surface area contributed by atoms with Gasteiger partial charge in [-0.2, -0.15) is 0 Å². The van der Waals surface area contributed by atoms with Crippen molar-refractivity contribution in [2.45, 2.75) is 6.54 Å². The summed E-state index contributed by atoms with van der Waals surface area (Å²) in [5.74, 6) is -0.951. The van der Waals surface area contributed by atoms with E-state index in [2.05, 4.69) is 15.1 Å². The average molecular weight is 388 g/mol. The van der Waals surface area contributed by atoms with Gasteiger partial charge < -0.3 is 10.4 Å². The highest BCUT2D eigenvalue weighted by Crippen LogP contribution is 2.14. The average Bonchev–Trinajstić information content (AvgIpc) is 2.65. The van der Waals surface area contributed by atoms with E-state index in [0.717, 1.165) is 37.4 Å². The van der Waals surface area contributed by atoms with Crippen LogP contribution in [0.3, 0.4) is 0 Å². The number of anilines is 1. The molecule has 27 heavy (non-hydrogen) atoms. The Labute approximate surface area is 163 Å². The number of nitrogens with one attached hydrogen (secondary N) is 1. The number of hydrogen-bond acceptors (Lipinski definition) is 4. The van der Waals surface area contributed by atoms with Gasteiger partial charge in [-0.05, 0) is 42.0 Å². The summed E-state index contributed by atoms with van der Waals surface area (Å²) in [7, 11) is 0. The number of aromatic carboxylic acids is 1. The van der Waals surface area contributed by atoms with Crippen LogP contribution in [0.2, 0.25) is 5.02 Å². The Hall–Kier alpha value is -2.41. The van der Waals surface area contributed by atoms with Crippen molar-refractivity contribution in [2.24, 2.45) is 0 Å². The van der Waals surface area contributed by atoms with Gasteiger partial charge in [-0.15, -0.1) is 0 Å². The third kappa shape index (κ3) is 5.79. The van der Waals surface area contributed by atoms with Gasteiger partial charge in [0.1, 0.15) is 0 Å².